The van der Waals surface area contributed by atoms with Crippen LogP contribution < -0.4 is 5.32 Å². The van der Waals surface area contributed by atoms with Crippen LogP contribution in [0.15, 0.2) is 17.4 Å². The number of hydrogen-bond acceptors (Lipinski definition) is 4. The molecule has 1 aliphatic carbocycles. The van der Waals surface area contributed by atoms with Gasteiger partial charge >= 0.3 is 6.18 Å². The Labute approximate surface area is 170 Å². The smallest absolute Gasteiger partial charge is 0.352 e. The van der Waals surface area contributed by atoms with Gasteiger partial charge in [-0.05, 0) is 31.2 Å². The number of aromatic nitrogens is 3. The molecule has 1 amide bonds. The van der Waals surface area contributed by atoms with Crippen molar-refractivity contribution in [2.75, 3.05) is 0 Å². The van der Waals surface area contributed by atoms with Crippen molar-refractivity contribution in [2.24, 2.45) is 11.8 Å². The monoisotopic (exact) mass is 434 g/mol. The average Bonchev–Trinajstić information content (AvgIpc) is 3.01. The number of amides is 1. The van der Waals surface area contributed by atoms with Crippen LogP contribution in [-0.4, -0.2) is 31.8 Å². The molecule has 0 aliphatic heterocycles. The van der Waals surface area contributed by atoms with E-state index < -0.39 is 17.0 Å². The molecule has 10 heteroatoms. The highest BCUT2D eigenvalue weighted by atomic mass is 35.5. The minimum absolute atomic E-state index is 0.112. The highest BCUT2D eigenvalue weighted by Crippen LogP contribution is 2.34. The van der Waals surface area contributed by atoms with Gasteiger partial charge in [-0.15, -0.1) is 10.2 Å². The first kappa shape index (κ1) is 21.2. The fraction of sp³-hybridized carbons (Fsp3) is 0.611. The summed E-state index contributed by atoms with van der Waals surface area (Å²) < 4.78 is 40.4. The SMILES string of the molecule is C[C@H]1[C@@H](NC(=O)[C@@H](C)Sc2nnc3c(Cl)cc(C(F)(F)F)cn23)CCC[C@@H]1C. The van der Waals surface area contributed by atoms with Crippen molar-refractivity contribution in [3.8, 4) is 0 Å². The number of thioether (sulfide) groups is 1. The predicted molar refractivity (Wildman–Crippen MR) is 102 cm³/mol. The molecule has 1 saturated carbocycles. The standard InChI is InChI=1S/C18H22ClF3N4OS/c1-9-5-4-6-14(10(9)2)23-16(27)11(3)28-17-25-24-15-13(19)7-12(8-26(15)17)18(20,21)22/h7-11,14H,4-6H2,1-3H3,(H,23,27)/t9-,10+,11+,14-/m0/s1. The van der Waals surface area contributed by atoms with Crippen molar-refractivity contribution in [3.05, 3.63) is 22.8 Å². The molecule has 2 aromatic rings. The fourth-order valence-corrected chi connectivity index (χ4v) is 4.54. The maximum Gasteiger partial charge on any atom is 0.417 e. The van der Waals surface area contributed by atoms with Crippen LogP contribution in [0.2, 0.25) is 5.02 Å². The van der Waals surface area contributed by atoms with Crippen LogP contribution in [0.4, 0.5) is 13.2 Å². The molecule has 2 aromatic heterocycles. The molecule has 0 aromatic carbocycles. The number of pyridine rings is 1. The van der Waals surface area contributed by atoms with Gasteiger partial charge in [0.05, 0.1) is 15.8 Å². The van der Waals surface area contributed by atoms with Crippen molar-refractivity contribution in [3.63, 3.8) is 0 Å². The molecular weight excluding hydrogens is 413 g/mol. The molecular formula is C18H22ClF3N4OS. The van der Waals surface area contributed by atoms with Crippen molar-refractivity contribution in [1.82, 2.24) is 19.9 Å². The maximum atomic E-state index is 13.1. The van der Waals surface area contributed by atoms with Crippen LogP contribution in [0, 0.1) is 11.8 Å². The van der Waals surface area contributed by atoms with E-state index in [0.29, 0.717) is 11.8 Å². The molecule has 3 rings (SSSR count). The zero-order chi connectivity index (χ0) is 20.6. The Kier molecular flexibility index (Phi) is 6.14. The largest absolute Gasteiger partial charge is 0.417 e. The lowest BCUT2D eigenvalue weighted by atomic mass is 9.78. The summed E-state index contributed by atoms with van der Waals surface area (Å²) in [6.45, 7) is 6.03. The van der Waals surface area contributed by atoms with Gasteiger partial charge in [0.2, 0.25) is 5.91 Å². The van der Waals surface area contributed by atoms with Gasteiger partial charge in [-0.1, -0.05) is 50.1 Å². The zero-order valence-electron chi connectivity index (χ0n) is 15.8. The molecule has 28 heavy (non-hydrogen) atoms. The Hall–Kier alpha value is -1.48. The maximum absolute atomic E-state index is 13.1. The van der Waals surface area contributed by atoms with Gasteiger partial charge in [-0.25, -0.2) is 0 Å². The number of fused-ring (bicyclic) bond motifs is 1. The molecule has 1 N–H and O–H groups in total. The Morgan fingerprint density at radius 1 is 1.36 bits per heavy atom. The van der Waals surface area contributed by atoms with Crippen LogP contribution in [0.25, 0.3) is 5.65 Å². The minimum atomic E-state index is -4.54. The first-order valence-electron chi connectivity index (χ1n) is 9.16. The molecule has 2 heterocycles. The number of carbonyl (C=O) groups excluding carboxylic acids is 1. The number of nitrogens with one attached hydrogen (secondary N) is 1. The summed E-state index contributed by atoms with van der Waals surface area (Å²) in [6.07, 6.45) is -0.468. The van der Waals surface area contributed by atoms with Gasteiger partial charge in [-0.3, -0.25) is 9.20 Å². The molecule has 0 bridgehead atoms. The van der Waals surface area contributed by atoms with E-state index in [9.17, 15) is 18.0 Å². The summed E-state index contributed by atoms with van der Waals surface area (Å²) in [5, 5.41) is 10.4. The summed E-state index contributed by atoms with van der Waals surface area (Å²) >= 11 is 6.99. The first-order chi connectivity index (χ1) is 13.1. The second kappa shape index (κ2) is 8.10. The second-order valence-electron chi connectivity index (χ2n) is 7.39. The third-order valence-electron chi connectivity index (χ3n) is 5.44. The summed E-state index contributed by atoms with van der Waals surface area (Å²) in [6, 6.07) is 0.933. The lowest BCUT2D eigenvalue weighted by molar-refractivity contribution is -0.137. The van der Waals surface area contributed by atoms with E-state index in [4.69, 9.17) is 11.6 Å². The molecule has 0 radical (unpaired) electrons. The first-order valence-corrected chi connectivity index (χ1v) is 10.4. The van der Waals surface area contributed by atoms with Gasteiger partial charge < -0.3 is 5.32 Å². The van der Waals surface area contributed by atoms with Gasteiger partial charge in [0.1, 0.15) is 0 Å². The topological polar surface area (TPSA) is 59.3 Å². The average molecular weight is 435 g/mol. The van der Waals surface area contributed by atoms with Crippen molar-refractivity contribution in [2.45, 2.75) is 62.7 Å². The number of hydrogen-bond donors (Lipinski definition) is 1. The van der Waals surface area contributed by atoms with E-state index in [1.807, 2.05) is 0 Å². The molecule has 1 fully saturated rings. The van der Waals surface area contributed by atoms with E-state index >= 15 is 0 Å². The number of carbonyl (C=O) groups is 1. The molecule has 154 valence electrons. The van der Waals surface area contributed by atoms with Crippen LogP contribution in [-0.2, 0) is 11.0 Å². The minimum Gasteiger partial charge on any atom is -0.352 e. The quantitative estimate of drug-likeness (QED) is 0.700. The number of alkyl halides is 3. The van der Waals surface area contributed by atoms with E-state index in [0.717, 1.165) is 43.3 Å². The summed E-state index contributed by atoms with van der Waals surface area (Å²) in [7, 11) is 0. The third kappa shape index (κ3) is 4.40. The van der Waals surface area contributed by atoms with E-state index in [1.165, 1.54) is 4.40 Å². The zero-order valence-corrected chi connectivity index (χ0v) is 17.3. The Bertz CT molecular complexity index is 872. The molecule has 0 saturated heterocycles. The van der Waals surface area contributed by atoms with Crippen molar-refractivity contribution in [1.29, 1.82) is 0 Å². The summed E-state index contributed by atoms with van der Waals surface area (Å²) in [5.74, 6) is 0.771. The lowest BCUT2D eigenvalue weighted by Crippen LogP contribution is -2.46. The van der Waals surface area contributed by atoms with Crippen LogP contribution in [0.3, 0.4) is 0 Å². The van der Waals surface area contributed by atoms with Gasteiger partial charge in [0.15, 0.2) is 10.8 Å². The Morgan fingerprint density at radius 3 is 2.75 bits per heavy atom. The molecule has 0 spiro atoms. The number of rotatable bonds is 4. The summed E-state index contributed by atoms with van der Waals surface area (Å²) in [5.41, 5.74) is -0.770. The van der Waals surface area contributed by atoms with E-state index in [-0.39, 0.29) is 27.8 Å². The normalized spacial score (nSPS) is 24.3. The van der Waals surface area contributed by atoms with Gasteiger partial charge in [0, 0.05) is 12.2 Å². The van der Waals surface area contributed by atoms with E-state index in [1.54, 1.807) is 6.92 Å². The predicted octanol–water partition coefficient (Wildman–Crippen LogP) is 4.82. The lowest BCUT2D eigenvalue weighted by Gasteiger charge is -2.35. The summed E-state index contributed by atoms with van der Waals surface area (Å²) in [4.78, 5) is 12.6. The van der Waals surface area contributed by atoms with E-state index in [2.05, 4.69) is 29.4 Å². The molecule has 5 nitrogen and oxygen atoms in total. The van der Waals surface area contributed by atoms with Crippen molar-refractivity contribution < 1.29 is 18.0 Å². The fourth-order valence-electron chi connectivity index (χ4n) is 3.47. The van der Waals surface area contributed by atoms with Crippen LogP contribution in [0.1, 0.15) is 45.6 Å². The van der Waals surface area contributed by atoms with Crippen LogP contribution >= 0.6 is 23.4 Å². The highest BCUT2D eigenvalue weighted by molar-refractivity contribution is 8.00. The van der Waals surface area contributed by atoms with Gasteiger partial charge in [-0.2, -0.15) is 13.2 Å². The number of nitrogens with zero attached hydrogens (tertiary/aromatic N) is 3. The molecule has 1 aliphatic rings. The highest BCUT2D eigenvalue weighted by Gasteiger charge is 2.33. The molecule has 4 atom stereocenters. The number of halogens is 4. The van der Waals surface area contributed by atoms with Gasteiger partial charge in [0.25, 0.3) is 0 Å². The second-order valence-corrected chi connectivity index (χ2v) is 9.11. The van der Waals surface area contributed by atoms with Crippen LogP contribution in [0.5, 0.6) is 0 Å². The van der Waals surface area contributed by atoms with Crippen molar-refractivity contribution >= 4 is 34.9 Å². The molecule has 0 unspecified atom stereocenters. The third-order valence-corrected chi connectivity index (χ3v) is 6.78. The Balaban J connectivity index is 1.76. The Morgan fingerprint density at radius 2 is 2.07 bits per heavy atom.